The summed E-state index contributed by atoms with van der Waals surface area (Å²) < 4.78 is 4.22. The van der Waals surface area contributed by atoms with E-state index in [2.05, 4.69) is 46.4 Å². The van der Waals surface area contributed by atoms with Crippen LogP contribution in [0.5, 0.6) is 0 Å². The first kappa shape index (κ1) is 23.0. The smallest absolute Gasteiger partial charge is 0.332 e. The van der Waals surface area contributed by atoms with Gasteiger partial charge >= 0.3 is 5.69 Å². The Labute approximate surface area is 197 Å². The lowest BCUT2D eigenvalue weighted by Crippen LogP contribution is -2.37. The van der Waals surface area contributed by atoms with Crippen LogP contribution in [-0.4, -0.2) is 38.0 Å². The summed E-state index contributed by atoms with van der Waals surface area (Å²) >= 11 is 0. The van der Waals surface area contributed by atoms with Crippen molar-refractivity contribution in [1.82, 2.24) is 18.7 Å². The van der Waals surface area contributed by atoms with Gasteiger partial charge in [-0.05, 0) is 37.1 Å². The second-order valence-corrected chi connectivity index (χ2v) is 8.02. The van der Waals surface area contributed by atoms with E-state index in [0.29, 0.717) is 23.7 Å². The third kappa shape index (κ3) is 4.36. The van der Waals surface area contributed by atoms with Crippen LogP contribution in [0.15, 0.2) is 69.3 Å². The number of nitrogens with zero attached hydrogens (tertiary/aromatic N) is 6. The molecule has 0 atom stereocenters. The maximum absolute atomic E-state index is 13.0. The number of nitrogens with one attached hydrogen (secondary N) is 1. The van der Waals surface area contributed by atoms with Gasteiger partial charge in [-0.1, -0.05) is 42.5 Å². The van der Waals surface area contributed by atoms with Crippen molar-refractivity contribution in [3.63, 3.8) is 0 Å². The number of imidazole rings is 1. The molecule has 2 heterocycles. The predicted molar refractivity (Wildman–Crippen MR) is 137 cm³/mol. The molecular weight excluding hydrogens is 430 g/mol. The van der Waals surface area contributed by atoms with Gasteiger partial charge in [0.05, 0.1) is 12.8 Å². The molecule has 0 amide bonds. The number of hydrazone groups is 1. The van der Waals surface area contributed by atoms with Crippen LogP contribution < -0.4 is 21.6 Å². The molecule has 0 bridgehead atoms. The van der Waals surface area contributed by atoms with Crippen LogP contribution in [0.2, 0.25) is 0 Å². The number of fused-ring (bicyclic) bond motifs is 1. The number of benzene rings is 2. The van der Waals surface area contributed by atoms with E-state index in [1.807, 2.05) is 42.5 Å². The van der Waals surface area contributed by atoms with E-state index in [1.165, 1.54) is 11.6 Å². The number of hydrogen-bond donors (Lipinski definition) is 1. The minimum absolute atomic E-state index is 0.310. The molecule has 0 aliphatic rings. The van der Waals surface area contributed by atoms with Crippen LogP contribution >= 0.6 is 0 Å². The van der Waals surface area contributed by atoms with Gasteiger partial charge in [-0.2, -0.15) is 10.1 Å². The summed E-state index contributed by atoms with van der Waals surface area (Å²) in [6.07, 6.45) is 1.70. The SMILES string of the molecule is CCN(CC)c1ccc(C=NNc2nc3c(c(=O)n(C)c(=O)n3C)n2Cc2ccccc2)cc1. The van der Waals surface area contributed by atoms with Crippen molar-refractivity contribution in [1.29, 1.82) is 0 Å². The number of hydrogen-bond acceptors (Lipinski definition) is 6. The van der Waals surface area contributed by atoms with Crippen LogP contribution in [0.4, 0.5) is 11.6 Å². The van der Waals surface area contributed by atoms with E-state index in [0.717, 1.165) is 34.5 Å². The molecule has 0 aliphatic carbocycles. The predicted octanol–water partition coefficient (Wildman–Crippen LogP) is 2.77. The van der Waals surface area contributed by atoms with Crippen LogP contribution in [0, 0.1) is 0 Å². The summed E-state index contributed by atoms with van der Waals surface area (Å²) in [7, 11) is 3.07. The Morgan fingerprint density at radius 2 is 1.65 bits per heavy atom. The zero-order chi connectivity index (χ0) is 24.2. The van der Waals surface area contributed by atoms with Gasteiger partial charge in [-0.3, -0.25) is 18.5 Å². The number of aryl methyl sites for hydroxylation is 1. The van der Waals surface area contributed by atoms with Gasteiger partial charge < -0.3 is 4.90 Å². The molecule has 1 N–H and O–H groups in total. The standard InChI is InChI=1S/C25H29N7O2/c1-5-31(6-2)20-14-12-18(13-15-20)16-26-28-24-27-22-21(23(33)30(4)25(34)29(22)3)32(24)17-19-10-8-7-9-11-19/h7-16H,5-6,17H2,1-4H3,(H,27,28). The van der Waals surface area contributed by atoms with E-state index in [4.69, 9.17) is 0 Å². The fourth-order valence-electron chi connectivity index (χ4n) is 3.98. The van der Waals surface area contributed by atoms with Crippen molar-refractivity contribution >= 4 is 29.0 Å². The van der Waals surface area contributed by atoms with Crippen molar-refractivity contribution in [2.24, 2.45) is 19.2 Å². The molecular formula is C25H29N7O2. The number of anilines is 2. The summed E-state index contributed by atoms with van der Waals surface area (Å²) in [5, 5.41) is 4.36. The van der Waals surface area contributed by atoms with E-state index in [9.17, 15) is 9.59 Å². The van der Waals surface area contributed by atoms with E-state index in [-0.39, 0.29) is 0 Å². The first-order valence-corrected chi connectivity index (χ1v) is 11.3. The molecule has 0 aliphatic heterocycles. The van der Waals surface area contributed by atoms with E-state index in [1.54, 1.807) is 17.8 Å². The first-order chi connectivity index (χ1) is 16.4. The molecule has 0 radical (unpaired) electrons. The molecule has 0 unspecified atom stereocenters. The molecule has 4 aromatic rings. The Morgan fingerprint density at radius 1 is 0.971 bits per heavy atom. The average Bonchev–Trinajstić information content (AvgIpc) is 3.22. The minimum atomic E-state index is -0.426. The van der Waals surface area contributed by atoms with Crippen molar-refractivity contribution in [2.75, 3.05) is 23.4 Å². The fourth-order valence-corrected chi connectivity index (χ4v) is 3.98. The Bertz CT molecular complexity index is 1430. The summed E-state index contributed by atoms with van der Waals surface area (Å²) in [6, 6.07) is 17.9. The summed E-state index contributed by atoms with van der Waals surface area (Å²) in [5.74, 6) is 0.383. The molecule has 34 heavy (non-hydrogen) atoms. The molecule has 9 nitrogen and oxygen atoms in total. The Kier molecular flexibility index (Phi) is 6.62. The number of rotatable bonds is 8. The maximum Gasteiger partial charge on any atom is 0.332 e. The molecule has 0 spiro atoms. The van der Waals surface area contributed by atoms with E-state index >= 15 is 0 Å². The summed E-state index contributed by atoms with van der Waals surface area (Å²) in [6.45, 7) is 6.57. The van der Waals surface area contributed by atoms with Crippen LogP contribution in [0.25, 0.3) is 11.2 Å². The molecule has 0 fully saturated rings. The highest BCUT2D eigenvalue weighted by Crippen LogP contribution is 2.18. The van der Waals surface area contributed by atoms with Crippen molar-refractivity contribution < 1.29 is 0 Å². The lowest BCUT2D eigenvalue weighted by atomic mass is 10.2. The Balaban J connectivity index is 1.70. The molecule has 0 saturated carbocycles. The van der Waals surface area contributed by atoms with Gasteiger partial charge in [0.15, 0.2) is 11.2 Å². The van der Waals surface area contributed by atoms with Gasteiger partial charge in [-0.15, -0.1) is 0 Å². The summed E-state index contributed by atoms with van der Waals surface area (Å²) in [4.78, 5) is 32.2. The van der Waals surface area contributed by atoms with Gasteiger partial charge in [0.1, 0.15) is 0 Å². The molecule has 2 aromatic heterocycles. The van der Waals surface area contributed by atoms with Gasteiger partial charge in [0.2, 0.25) is 5.95 Å². The molecule has 176 valence electrons. The lowest BCUT2D eigenvalue weighted by molar-refractivity contribution is 0.702. The van der Waals surface area contributed by atoms with Crippen molar-refractivity contribution in [3.05, 3.63) is 86.6 Å². The van der Waals surface area contributed by atoms with Gasteiger partial charge in [0, 0.05) is 32.9 Å². The van der Waals surface area contributed by atoms with Crippen LogP contribution in [0.1, 0.15) is 25.0 Å². The second kappa shape index (κ2) is 9.78. The zero-order valence-corrected chi connectivity index (χ0v) is 19.9. The third-order valence-electron chi connectivity index (χ3n) is 5.93. The largest absolute Gasteiger partial charge is 0.372 e. The highest BCUT2D eigenvalue weighted by Gasteiger charge is 2.19. The molecule has 9 heteroatoms. The highest BCUT2D eigenvalue weighted by molar-refractivity contribution is 5.81. The Morgan fingerprint density at radius 3 is 2.29 bits per heavy atom. The fraction of sp³-hybridized carbons (Fsp3) is 0.280. The molecule has 4 rings (SSSR count). The van der Waals surface area contributed by atoms with Gasteiger partial charge in [-0.25, -0.2) is 10.2 Å². The maximum atomic E-state index is 13.0. The van der Waals surface area contributed by atoms with Crippen molar-refractivity contribution in [2.45, 2.75) is 20.4 Å². The third-order valence-corrected chi connectivity index (χ3v) is 5.93. The first-order valence-electron chi connectivity index (χ1n) is 11.3. The topological polar surface area (TPSA) is 89.5 Å². The Hall–Kier alpha value is -4.14. The zero-order valence-electron chi connectivity index (χ0n) is 19.9. The van der Waals surface area contributed by atoms with E-state index < -0.39 is 11.2 Å². The quantitative estimate of drug-likeness (QED) is 0.323. The normalized spacial score (nSPS) is 11.4. The lowest BCUT2D eigenvalue weighted by Gasteiger charge is -2.20. The van der Waals surface area contributed by atoms with Crippen LogP contribution in [-0.2, 0) is 20.6 Å². The summed E-state index contributed by atoms with van der Waals surface area (Å²) in [5.41, 5.74) is 5.89. The molecule has 0 saturated heterocycles. The van der Waals surface area contributed by atoms with Gasteiger partial charge in [0.25, 0.3) is 5.56 Å². The molecule has 2 aromatic carbocycles. The number of aromatic nitrogens is 4. The minimum Gasteiger partial charge on any atom is -0.372 e. The second-order valence-electron chi connectivity index (χ2n) is 8.02. The van der Waals surface area contributed by atoms with Crippen LogP contribution in [0.3, 0.4) is 0 Å². The monoisotopic (exact) mass is 459 g/mol. The van der Waals surface area contributed by atoms with Crippen molar-refractivity contribution in [3.8, 4) is 0 Å². The average molecular weight is 460 g/mol. The highest BCUT2D eigenvalue weighted by atomic mass is 16.2.